The Kier molecular flexibility index (Phi) is 2.94. The lowest BCUT2D eigenvalue weighted by atomic mass is 9.95. The van der Waals surface area contributed by atoms with Gasteiger partial charge in [0.05, 0.1) is 5.69 Å². The molecule has 22 heavy (non-hydrogen) atoms. The number of benzene rings is 2. The van der Waals surface area contributed by atoms with Crippen LogP contribution in [0.1, 0.15) is 11.1 Å². The predicted octanol–water partition coefficient (Wildman–Crippen LogP) is 3.23. The molecule has 5 heteroatoms. The molecule has 1 fully saturated rings. The summed E-state index contributed by atoms with van der Waals surface area (Å²) in [5, 5.41) is 0.506. The Hall–Kier alpha value is -2.33. The van der Waals surface area contributed by atoms with E-state index in [1.165, 1.54) is 4.90 Å². The third-order valence-electron chi connectivity index (χ3n) is 4.26. The van der Waals surface area contributed by atoms with E-state index < -0.39 is 6.04 Å². The number of anilines is 1. The van der Waals surface area contributed by atoms with E-state index in [9.17, 15) is 9.59 Å². The number of carbonyl (C=O) groups is 2. The number of halogens is 1. The van der Waals surface area contributed by atoms with Crippen molar-refractivity contribution in [3.63, 3.8) is 0 Å². The first kappa shape index (κ1) is 13.3. The molecule has 0 saturated carbocycles. The van der Waals surface area contributed by atoms with E-state index in [-0.39, 0.29) is 11.9 Å². The van der Waals surface area contributed by atoms with Crippen molar-refractivity contribution < 1.29 is 9.59 Å². The Morgan fingerprint density at radius 3 is 2.55 bits per heavy atom. The molecule has 110 valence electrons. The van der Waals surface area contributed by atoms with E-state index in [1.807, 2.05) is 24.3 Å². The number of carbonyl (C=O) groups excluding carboxylic acids is 2. The lowest BCUT2D eigenvalue weighted by molar-refractivity contribution is -0.119. The molecule has 1 unspecified atom stereocenters. The second kappa shape index (κ2) is 4.85. The van der Waals surface area contributed by atoms with Gasteiger partial charge in [-0.15, -0.1) is 0 Å². The molecule has 0 spiro atoms. The number of amides is 3. The van der Waals surface area contributed by atoms with Crippen molar-refractivity contribution in [2.75, 3.05) is 4.90 Å². The molecule has 3 amide bonds. The third-order valence-corrected chi connectivity index (χ3v) is 4.49. The smallest absolute Gasteiger partial charge is 0.307 e. The van der Waals surface area contributed by atoms with Crippen LogP contribution in [0.5, 0.6) is 0 Å². The summed E-state index contributed by atoms with van der Waals surface area (Å²) in [5.74, 6) is -0.179. The topological polar surface area (TPSA) is 40.6 Å². The third kappa shape index (κ3) is 1.91. The molecule has 1 saturated heterocycles. The first-order valence-corrected chi connectivity index (χ1v) is 7.50. The van der Waals surface area contributed by atoms with Gasteiger partial charge in [0, 0.05) is 18.0 Å². The molecule has 4 nitrogen and oxygen atoms in total. The van der Waals surface area contributed by atoms with Crippen LogP contribution in [0.3, 0.4) is 0 Å². The zero-order valence-electron chi connectivity index (χ0n) is 11.7. The Labute approximate surface area is 132 Å². The molecular weight excluding hydrogens is 300 g/mol. The number of nitrogens with zero attached hydrogens (tertiary/aromatic N) is 2. The summed E-state index contributed by atoms with van der Waals surface area (Å²) in [4.78, 5) is 28.2. The van der Waals surface area contributed by atoms with Crippen molar-refractivity contribution in [1.29, 1.82) is 0 Å². The number of rotatable bonds is 1. The van der Waals surface area contributed by atoms with Gasteiger partial charge >= 0.3 is 6.03 Å². The maximum Gasteiger partial charge on any atom is 0.332 e. The van der Waals surface area contributed by atoms with Crippen LogP contribution >= 0.6 is 11.6 Å². The van der Waals surface area contributed by atoms with E-state index in [0.717, 1.165) is 11.1 Å². The van der Waals surface area contributed by atoms with E-state index >= 15 is 0 Å². The lowest BCUT2D eigenvalue weighted by Crippen LogP contribution is -2.39. The Morgan fingerprint density at radius 2 is 1.77 bits per heavy atom. The van der Waals surface area contributed by atoms with Gasteiger partial charge in [0.2, 0.25) is 0 Å². The van der Waals surface area contributed by atoms with Crippen LogP contribution in [-0.4, -0.2) is 22.9 Å². The maximum atomic E-state index is 12.7. The highest BCUT2D eigenvalue weighted by molar-refractivity contribution is 6.31. The van der Waals surface area contributed by atoms with Gasteiger partial charge in [0.1, 0.15) is 6.04 Å². The Balaban J connectivity index is 1.73. The molecule has 0 bridgehead atoms. The average molecular weight is 313 g/mol. The number of urea groups is 1. The van der Waals surface area contributed by atoms with Crippen LogP contribution in [0.4, 0.5) is 10.5 Å². The molecule has 2 aromatic rings. The molecule has 0 N–H and O–H groups in total. The zero-order chi connectivity index (χ0) is 15.3. The van der Waals surface area contributed by atoms with Crippen LogP contribution in [0.15, 0.2) is 48.5 Å². The summed E-state index contributed by atoms with van der Waals surface area (Å²) in [6.07, 6.45) is 0.567. The minimum atomic E-state index is -0.415. The van der Waals surface area contributed by atoms with Crippen molar-refractivity contribution in [2.24, 2.45) is 0 Å². The van der Waals surface area contributed by atoms with E-state index in [1.54, 1.807) is 29.2 Å². The molecule has 2 aromatic carbocycles. The monoisotopic (exact) mass is 312 g/mol. The first-order valence-electron chi connectivity index (χ1n) is 7.12. The summed E-state index contributed by atoms with van der Waals surface area (Å²) < 4.78 is 0. The van der Waals surface area contributed by atoms with Crippen molar-refractivity contribution >= 4 is 29.2 Å². The number of fused-ring (bicyclic) bond motifs is 2. The molecule has 2 heterocycles. The van der Waals surface area contributed by atoms with Gasteiger partial charge in [0.15, 0.2) is 0 Å². The summed E-state index contributed by atoms with van der Waals surface area (Å²) >= 11 is 5.98. The van der Waals surface area contributed by atoms with Crippen molar-refractivity contribution in [3.8, 4) is 0 Å². The summed E-state index contributed by atoms with van der Waals surface area (Å²) in [6, 6.07) is 14.1. The average Bonchev–Trinajstić information content (AvgIpc) is 2.76. The predicted molar refractivity (Wildman–Crippen MR) is 83.8 cm³/mol. The van der Waals surface area contributed by atoms with E-state index in [4.69, 9.17) is 11.6 Å². The molecule has 0 aromatic heterocycles. The lowest BCUT2D eigenvalue weighted by Gasteiger charge is -2.28. The summed E-state index contributed by atoms with van der Waals surface area (Å²) in [6.45, 7) is 0.475. The molecule has 2 aliphatic heterocycles. The van der Waals surface area contributed by atoms with Gasteiger partial charge in [-0.25, -0.2) is 9.69 Å². The zero-order valence-corrected chi connectivity index (χ0v) is 12.5. The second-order valence-corrected chi connectivity index (χ2v) is 5.99. The Morgan fingerprint density at radius 1 is 1.00 bits per heavy atom. The standard InChI is InChI=1S/C17H13ClN2O2/c18-13-6-3-7-14(9-13)20-16(21)15-8-11-4-1-2-5-12(11)10-19(15)17(20)22/h1-7,9,15H,8,10H2. The number of imide groups is 1. The summed E-state index contributed by atoms with van der Waals surface area (Å²) in [7, 11) is 0. The molecule has 0 aliphatic carbocycles. The van der Waals surface area contributed by atoms with Crippen molar-refractivity contribution in [3.05, 3.63) is 64.7 Å². The second-order valence-electron chi connectivity index (χ2n) is 5.55. The Bertz CT molecular complexity index is 747. The quantitative estimate of drug-likeness (QED) is 0.759. The fraction of sp³-hybridized carbons (Fsp3) is 0.176. The minimum absolute atomic E-state index is 0.179. The van der Waals surface area contributed by atoms with Crippen LogP contribution < -0.4 is 4.90 Å². The molecule has 1 atom stereocenters. The van der Waals surface area contributed by atoms with Gasteiger partial charge in [0.25, 0.3) is 5.91 Å². The maximum absolute atomic E-state index is 12.7. The first-order chi connectivity index (χ1) is 10.6. The van der Waals surface area contributed by atoms with Crippen LogP contribution in [0.2, 0.25) is 5.02 Å². The van der Waals surface area contributed by atoms with Crippen molar-refractivity contribution in [2.45, 2.75) is 19.0 Å². The number of hydrogen-bond acceptors (Lipinski definition) is 2. The largest absolute Gasteiger partial charge is 0.332 e. The highest BCUT2D eigenvalue weighted by atomic mass is 35.5. The summed E-state index contributed by atoms with van der Waals surface area (Å²) in [5.41, 5.74) is 2.77. The van der Waals surface area contributed by atoms with Crippen LogP contribution in [-0.2, 0) is 17.8 Å². The van der Waals surface area contributed by atoms with Gasteiger partial charge in [-0.2, -0.15) is 0 Å². The molecular formula is C17H13ClN2O2. The highest BCUT2D eigenvalue weighted by Gasteiger charge is 2.47. The fourth-order valence-corrected chi connectivity index (χ4v) is 3.35. The molecule has 4 rings (SSSR count). The normalized spacial score (nSPS) is 20.1. The van der Waals surface area contributed by atoms with Crippen LogP contribution in [0.25, 0.3) is 0 Å². The van der Waals surface area contributed by atoms with Gasteiger partial charge in [-0.3, -0.25) is 4.79 Å². The van der Waals surface area contributed by atoms with Gasteiger partial charge < -0.3 is 4.90 Å². The van der Waals surface area contributed by atoms with Gasteiger partial charge in [-0.1, -0.05) is 41.9 Å². The minimum Gasteiger partial charge on any atom is -0.307 e. The SMILES string of the molecule is O=C1C2Cc3ccccc3CN2C(=O)N1c1cccc(Cl)c1. The van der Waals surface area contributed by atoms with Gasteiger partial charge in [-0.05, 0) is 29.3 Å². The molecule has 2 aliphatic rings. The number of hydrogen-bond donors (Lipinski definition) is 0. The highest BCUT2D eigenvalue weighted by Crippen LogP contribution is 2.33. The van der Waals surface area contributed by atoms with E-state index in [0.29, 0.717) is 23.7 Å². The fourth-order valence-electron chi connectivity index (χ4n) is 3.17. The van der Waals surface area contributed by atoms with Crippen molar-refractivity contribution in [1.82, 2.24) is 4.90 Å². The van der Waals surface area contributed by atoms with E-state index in [2.05, 4.69) is 0 Å². The van der Waals surface area contributed by atoms with Crippen LogP contribution in [0, 0.1) is 0 Å². The molecule has 0 radical (unpaired) electrons.